The van der Waals surface area contributed by atoms with E-state index in [2.05, 4.69) is 10.2 Å². The maximum Gasteiger partial charge on any atom is 0.223 e. The molecule has 1 aromatic carbocycles. The van der Waals surface area contributed by atoms with Gasteiger partial charge in [0.2, 0.25) is 5.91 Å². The van der Waals surface area contributed by atoms with E-state index in [1.807, 2.05) is 38.4 Å². The number of hydrogen-bond donors (Lipinski definition) is 1. The molecule has 1 aromatic rings. The van der Waals surface area contributed by atoms with Gasteiger partial charge in [-0.2, -0.15) is 0 Å². The number of rotatable bonds is 6. The lowest BCUT2D eigenvalue weighted by Gasteiger charge is -2.21. The van der Waals surface area contributed by atoms with Crippen molar-refractivity contribution >= 4 is 17.5 Å². The summed E-state index contributed by atoms with van der Waals surface area (Å²) >= 11 is 5.91. The van der Waals surface area contributed by atoms with Gasteiger partial charge in [-0.25, -0.2) is 0 Å². The fraction of sp³-hybridized carbons (Fsp3) is 0.533. The van der Waals surface area contributed by atoms with Crippen molar-refractivity contribution in [3.8, 4) is 0 Å². The second-order valence-corrected chi connectivity index (χ2v) is 5.92. The second-order valence-electron chi connectivity index (χ2n) is 5.48. The summed E-state index contributed by atoms with van der Waals surface area (Å²) in [7, 11) is 4.09. The Bertz CT molecular complexity index is 426. The Morgan fingerprint density at radius 3 is 2.53 bits per heavy atom. The van der Waals surface area contributed by atoms with E-state index in [1.165, 1.54) is 0 Å². The Morgan fingerprint density at radius 1 is 1.37 bits per heavy atom. The highest BCUT2D eigenvalue weighted by molar-refractivity contribution is 6.30. The van der Waals surface area contributed by atoms with Crippen molar-refractivity contribution in [1.82, 2.24) is 10.2 Å². The predicted octanol–water partition coefficient (Wildman–Crippen LogP) is 2.86. The molecule has 0 heterocycles. The zero-order chi connectivity index (χ0) is 13.8. The predicted molar refractivity (Wildman–Crippen MR) is 78.2 cm³/mol. The molecule has 0 saturated heterocycles. The van der Waals surface area contributed by atoms with Crippen LogP contribution < -0.4 is 5.32 Å². The molecule has 0 bridgehead atoms. The van der Waals surface area contributed by atoms with Crippen molar-refractivity contribution < 1.29 is 4.79 Å². The van der Waals surface area contributed by atoms with Gasteiger partial charge in [-0.15, -0.1) is 0 Å². The number of benzene rings is 1. The van der Waals surface area contributed by atoms with E-state index in [9.17, 15) is 4.79 Å². The highest BCUT2D eigenvalue weighted by Crippen LogP contribution is 2.30. The summed E-state index contributed by atoms with van der Waals surface area (Å²) in [6.45, 7) is 0.943. The SMILES string of the molecule is CN(C)CCC(NC(=O)C1CC1)c1ccc(Cl)cc1. The first-order valence-corrected chi connectivity index (χ1v) is 7.14. The van der Waals surface area contributed by atoms with Crippen molar-refractivity contribution in [3.05, 3.63) is 34.9 Å². The molecule has 1 unspecified atom stereocenters. The fourth-order valence-corrected chi connectivity index (χ4v) is 2.17. The summed E-state index contributed by atoms with van der Waals surface area (Å²) in [5.41, 5.74) is 1.13. The molecule has 4 heteroatoms. The molecule has 104 valence electrons. The van der Waals surface area contributed by atoms with E-state index < -0.39 is 0 Å². The van der Waals surface area contributed by atoms with Gasteiger partial charge in [0.05, 0.1) is 6.04 Å². The van der Waals surface area contributed by atoms with Crippen molar-refractivity contribution in [2.75, 3.05) is 20.6 Å². The van der Waals surface area contributed by atoms with Crippen LogP contribution >= 0.6 is 11.6 Å². The van der Waals surface area contributed by atoms with Gasteiger partial charge < -0.3 is 10.2 Å². The van der Waals surface area contributed by atoms with Crippen LogP contribution in [0.4, 0.5) is 0 Å². The van der Waals surface area contributed by atoms with Crippen LogP contribution in [-0.4, -0.2) is 31.4 Å². The molecule has 1 aliphatic rings. The van der Waals surface area contributed by atoms with Gasteiger partial charge in [0, 0.05) is 10.9 Å². The quantitative estimate of drug-likeness (QED) is 0.869. The van der Waals surface area contributed by atoms with E-state index >= 15 is 0 Å². The van der Waals surface area contributed by atoms with E-state index in [1.54, 1.807) is 0 Å². The minimum absolute atomic E-state index is 0.0766. The number of hydrogen-bond acceptors (Lipinski definition) is 2. The lowest BCUT2D eigenvalue weighted by molar-refractivity contribution is -0.123. The first kappa shape index (κ1) is 14.4. The van der Waals surface area contributed by atoms with Gasteiger partial charge in [-0.3, -0.25) is 4.79 Å². The summed E-state index contributed by atoms with van der Waals surface area (Å²) in [5, 5.41) is 3.89. The highest BCUT2D eigenvalue weighted by atomic mass is 35.5. The standard InChI is InChI=1S/C15H21ClN2O/c1-18(2)10-9-14(17-15(19)12-3-4-12)11-5-7-13(16)8-6-11/h5-8,12,14H,3-4,9-10H2,1-2H3,(H,17,19). The average Bonchev–Trinajstić information content (AvgIpc) is 3.19. The first-order valence-electron chi connectivity index (χ1n) is 6.77. The third kappa shape index (κ3) is 4.51. The number of amides is 1. The van der Waals surface area contributed by atoms with E-state index in [-0.39, 0.29) is 17.9 Å². The Balaban J connectivity index is 2.03. The fourth-order valence-electron chi connectivity index (χ4n) is 2.04. The van der Waals surface area contributed by atoms with Crippen molar-refractivity contribution in [2.45, 2.75) is 25.3 Å². The molecule has 1 aliphatic carbocycles. The number of nitrogens with zero attached hydrogens (tertiary/aromatic N) is 1. The van der Waals surface area contributed by atoms with E-state index in [0.29, 0.717) is 0 Å². The van der Waals surface area contributed by atoms with Gasteiger partial charge in [-0.05, 0) is 57.6 Å². The normalized spacial score (nSPS) is 16.4. The smallest absolute Gasteiger partial charge is 0.223 e. The minimum Gasteiger partial charge on any atom is -0.349 e. The molecule has 0 aliphatic heterocycles. The van der Waals surface area contributed by atoms with Crippen LogP contribution in [0.1, 0.15) is 30.9 Å². The van der Waals surface area contributed by atoms with E-state index in [0.717, 1.165) is 36.4 Å². The molecule has 1 saturated carbocycles. The summed E-state index contributed by atoms with van der Waals surface area (Å²) in [6.07, 6.45) is 2.98. The average molecular weight is 281 g/mol. The van der Waals surface area contributed by atoms with E-state index in [4.69, 9.17) is 11.6 Å². The number of halogens is 1. The third-order valence-corrected chi connectivity index (χ3v) is 3.65. The van der Waals surface area contributed by atoms with Crippen LogP contribution in [0.3, 0.4) is 0 Å². The molecule has 2 rings (SSSR count). The molecule has 1 N–H and O–H groups in total. The van der Waals surface area contributed by atoms with Crippen LogP contribution in [0.2, 0.25) is 5.02 Å². The van der Waals surface area contributed by atoms with Crippen molar-refractivity contribution in [2.24, 2.45) is 5.92 Å². The molecule has 1 atom stereocenters. The summed E-state index contributed by atoms with van der Waals surface area (Å²) in [6, 6.07) is 7.82. The number of carbonyl (C=O) groups excluding carboxylic acids is 1. The zero-order valence-corrected chi connectivity index (χ0v) is 12.3. The van der Waals surface area contributed by atoms with Crippen LogP contribution in [0.25, 0.3) is 0 Å². The molecular weight excluding hydrogens is 260 g/mol. The van der Waals surface area contributed by atoms with Gasteiger partial charge in [0.1, 0.15) is 0 Å². The van der Waals surface area contributed by atoms with Gasteiger partial charge >= 0.3 is 0 Å². The largest absolute Gasteiger partial charge is 0.349 e. The topological polar surface area (TPSA) is 32.3 Å². The second kappa shape index (κ2) is 6.40. The molecule has 3 nitrogen and oxygen atoms in total. The van der Waals surface area contributed by atoms with Crippen LogP contribution in [0, 0.1) is 5.92 Å². The van der Waals surface area contributed by atoms with Crippen molar-refractivity contribution in [3.63, 3.8) is 0 Å². The van der Waals surface area contributed by atoms with Crippen LogP contribution in [-0.2, 0) is 4.79 Å². The molecule has 1 fully saturated rings. The lowest BCUT2D eigenvalue weighted by Crippen LogP contribution is -2.31. The number of nitrogens with one attached hydrogen (secondary N) is 1. The molecule has 0 radical (unpaired) electrons. The Kier molecular flexibility index (Phi) is 4.83. The summed E-state index contributed by atoms with van der Waals surface area (Å²) in [4.78, 5) is 14.1. The monoisotopic (exact) mass is 280 g/mol. The maximum atomic E-state index is 11.9. The molecule has 0 aromatic heterocycles. The van der Waals surface area contributed by atoms with Gasteiger partial charge in [0.15, 0.2) is 0 Å². The zero-order valence-electron chi connectivity index (χ0n) is 11.5. The minimum atomic E-state index is 0.0766. The summed E-state index contributed by atoms with van der Waals surface area (Å²) in [5.74, 6) is 0.438. The molecule has 19 heavy (non-hydrogen) atoms. The van der Waals surface area contributed by atoms with Gasteiger partial charge in [0.25, 0.3) is 0 Å². The molecule has 0 spiro atoms. The third-order valence-electron chi connectivity index (χ3n) is 3.40. The van der Waals surface area contributed by atoms with Crippen molar-refractivity contribution in [1.29, 1.82) is 0 Å². The Labute approximate surface area is 119 Å². The van der Waals surface area contributed by atoms with Crippen LogP contribution in [0.5, 0.6) is 0 Å². The molecular formula is C15H21ClN2O. The molecule has 1 amide bonds. The maximum absolute atomic E-state index is 11.9. The number of carbonyl (C=O) groups is 1. The van der Waals surface area contributed by atoms with Crippen LogP contribution in [0.15, 0.2) is 24.3 Å². The first-order chi connectivity index (χ1) is 9.06. The Hall–Kier alpha value is -1.06. The highest BCUT2D eigenvalue weighted by Gasteiger charge is 2.31. The summed E-state index contributed by atoms with van der Waals surface area (Å²) < 4.78 is 0. The lowest BCUT2D eigenvalue weighted by atomic mass is 10.0. The Morgan fingerprint density at radius 2 is 2.00 bits per heavy atom. The van der Waals surface area contributed by atoms with Gasteiger partial charge in [-0.1, -0.05) is 23.7 Å².